The van der Waals surface area contributed by atoms with Gasteiger partial charge in [0.25, 0.3) is 0 Å². The molecule has 1 N–H and O–H groups in total. The first-order valence-corrected chi connectivity index (χ1v) is 7.25. The highest BCUT2D eigenvalue weighted by atomic mass is 16.6. The van der Waals surface area contributed by atoms with Gasteiger partial charge in [0, 0.05) is 5.69 Å². The molecule has 0 spiro atoms. The molecule has 122 valence electrons. The second-order valence-corrected chi connectivity index (χ2v) is 7.02. The van der Waals surface area contributed by atoms with Crippen molar-refractivity contribution in [3.8, 4) is 0 Å². The van der Waals surface area contributed by atoms with Crippen LogP contribution in [0.1, 0.15) is 51.9 Å². The van der Waals surface area contributed by atoms with E-state index in [4.69, 9.17) is 9.47 Å². The molecule has 0 aliphatic rings. The van der Waals surface area contributed by atoms with Crippen molar-refractivity contribution in [3.05, 3.63) is 29.8 Å². The Labute approximate surface area is 132 Å². The SMILES string of the molecule is CC(C)(C)OC(=O)CNc1ccc(C(=O)OC(C)(C)C)cc1. The molecule has 0 saturated heterocycles. The third-order valence-electron chi connectivity index (χ3n) is 2.38. The normalized spacial score (nSPS) is 11.7. The van der Waals surface area contributed by atoms with Gasteiger partial charge in [-0.2, -0.15) is 0 Å². The molecule has 0 aliphatic heterocycles. The average Bonchev–Trinajstić information content (AvgIpc) is 2.33. The zero-order valence-electron chi connectivity index (χ0n) is 14.1. The van der Waals surface area contributed by atoms with Gasteiger partial charge in [0.1, 0.15) is 17.7 Å². The smallest absolute Gasteiger partial charge is 0.338 e. The van der Waals surface area contributed by atoms with Crippen molar-refractivity contribution in [2.45, 2.75) is 52.7 Å². The molecule has 0 heterocycles. The minimum atomic E-state index is -0.523. The van der Waals surface area contributed by atoms with Gasteiger partial charge in [-0.25, -0.2) is 4.79 Å². The number of hydrogen-bond donors (Lipinski definition) is 1. The van der Waals surface area contributed by atoms with E-state index in [0.29, 0.717) is 5.56 Å². The van der Waals surface area contributed by atoms with Crippen molar-refractivity contribution >= 4 is 17.6 Å². The van der Waals surface area contributed by atoms with Crippen LogP contribution in [0.2, 0.25) is 0 Å². The summed E-state index contributed by atoms with van der Waals surface area (Å²) in [6.45, 7) is 11.0. The van der Waals surface area contributed by atoms with E-state index in [-0.39, 0.29) is 18.5 Å². The summed E-state index contributed by atoms with van der Waals surface area (Å²) in [4.78, 5) is 23.5. The Morgan fingerprint density at radius 3 is 1.86 bits per heavy atom. The number of esters is 2. The van der Waals surface area contributed by atoms with Gasteiger partial charge in [-0.1, -0.05) is 0 Å². The van der Waals surface area contributed by atoms with Crippen LogP contribution in [0.25, 0.3) is 0 Å². The maximum Gasteiger partial charge on any atom is 0.338 e. The van der Waals surface area contributed by atoms with E-state index in [0.717, 1.165) is 5.69 Å². The lowest BCUT2D eigenvalue weighted by Gasteiger charge is -2.20. The van der Waals surface area contributed by atoms with Crippen molar-refractivity contribution in [1.82, 2.24) is 0 Å². The van der Waals surface area contributed by atoms with Gasteiger partial charge < -0.3 is 14.8 Å². The molecule has 1 aromatic carbocycles. The van der Waals surface area contributed by atoms with Crippen LogP contribution in [-0.4, -0.2) is 29.7 Å². The molecule has 0 fully saturated rings. The van der Waals surface area contributed by atoms with E-state index in [9.17, 15) is 9.59 Å². The fourth-order valence-corrected chi connectivity index (χ4v) is 1.61. The van der Waals surface area contributed by atoms with Gasteiger partial charge in [-0.3, -0.25) is 4.79 Å². The van der Waals surface area contributed by atoms with Gasteiger partial charge in [-0.15, -0.1) is 0 Å². The van der Waals surface area contributed by atoms with Gasteiger partial charge in [0.2, 0.25) is 0 Å². The molecule has 1 aromatic rings. The van der Waals surface area contributed by atoms with Crippen molar-refractivity contribution in [3.63, 3.8) is 0 Å². The summed E-state index contributed by atoms with van der Waals surface area (Å²) < 4.78 is 10.5. The minimum absolute atomic E-state index is 0.0725. The molecule has 1 rings (SSSR count). The third kappa shape index (κ3) is 7.11. The van der Waals surface area contributed by atoms with Crippen molar-refractivity contribution in [2.75, 3.05) is 11.9 Å². The Kier molecular flexibility index (Phi) is 5.58. The zero-order chi connectivity index (χ0) is 17.0. The average molecular weight is 307 g/mol. The Balaban J connectivity index is 2.55. The van der Waals surface area contributed by atoms with Gasteiger partial charge in [0.05, 0.1) is 5.56 Å². The predicted molar refractivity (Wildman–Crippen MR) is 85.9 cm³/mol. The molecule has 0 saturated carbocycles. The highest BCUT2D eigenvalue weighted by Gasteiger charge is 2.18. The highest BCUT2D eigenvalue weighted by molar-refractivity contribution is 5.90. The van der Waals surface area contributed by atoms with Gasteiger partial charge in [0.15, 0.2) is 0 Å². The summed E-state index contributed by atoms with van der Waals surface area (Å²) in [5.74, 6) is -0.699. The first-order valence-electron chi connectivity index (χ1n) is 7.25. The first-order chi connectivity index (χ1) is 9.96. The van der Waals surface area contributed by atoms with E-state index < -0.39 is 11.2 Å². The number of benzene rings is 1. The van der Waals surface area contributed by atoms with Crippen LogP contribution in [-0.2, 0) is 14.3 Å². The van der Waals surface area contributed by atoms with Crippen LogP contribution in [0.3, 0.4) is 0 Å². The van der Waals surface area contributed by atoms with Gasteiger partial charge >= 0.3 is 11.9 Å². The second kappa shape index (κ2) is 6.81. The summed E-state index contributed by atoms with van der Waals surface area (Å²) in [5.41, 5.74) is 0.181. The lowest BCUT2D eigenvalue weighted by Crippen LogP contribution is -2.28. The summed E-state index contributed by atoms with van der Waals surface area (Å²) in [7, 11) is 0. The maximum absolute atomic E-state index is 11.9. The lowest BCUT2D eigenvalue weighted by atomic mass is 10.1. The molecule has 0 bridgehead atoms. The number of rotatable bonds is 4. The first kappa shape index (κ1) is 18.0. The molecule has 0 radical (unpaired) electrons. The summed E-state index contributed by atoms with van der Waals surface area (Å²) in [5, 5.41) is 2.95. The van der Waals surface area contributed by atoms with Crippen molar-refractivity contribution in [2.24, 2.45) is 0 Å². The Morgan fingerprint density at radius 2 is 1.41 bits per heavy atom. The monoisotopic (exact) mass is 307 g/mol. The standard InChI is InChI=1S/C17H25NO4/c1-16(2,3)21-14(19)11-18-13-9-7-12(8-10-13)15(20)22-17(4,5)6/h7-10,18H,11H2,1-6H3. The van der Waals surface area contributed by atoms with Crippen LogP contribution in [0.5, 0.6) is 0 Å². The van der Waals surface area contributed by atoms with E-state index >= 15 is 0 Å². The zero-order valence-corrected chi connectivity index (χ0v) is 14.1. The largest absolute Gasteiger partial charge is 0.459 e. The third-order valence-corrected chi connectivity index (χ3v) is 2.38. The second-order valence-electron chi connectivity index (χ2n) is 7.02. The Hall–Kier alpha value is -2.04. The van der Waals surface area contributed by atoms with E-state index in [1.807, 2.05) is 41.5 Å². The van der Waals surface area contributed by atoms with Crippen molar-refractivity contribution in [1.29, 1.82) is 0 Å². The van der Waals surface area contributed by atoms with Crippen LogP contribution >= 0.6 is 0 Å². The molecule has 0 amide bonds. The quantitative estimate of drug-likeness (QED) is 0.864. The predicted octanol–water partition coefficient (Wildman–Crippen LogP) is 3.40. The molecule has 5 heteroatoms. The number of anilines is 1. The summed E-state index contributed by atoms with van der Waals surface area (Å²) in [6, 6.07) is 6.77. The van der Waals surface area contributed by atoms with Crippen LogP contribution in [0.4, 0.5) is 5.69 Å². The molecule has 0 atom stereocenters. The summed E-state index contributed by atoms with van der Waals surface area (Å²) in [6.07, 6.45) is 0. The number of carbonyl (C=O) groups is 2. The summed E-state index contributed by atoms with van der Waals surface area (Å²) >= 11 is 0. The topological polar surface area (TPSA) is 64.6 Å². The van der Waals surface area contributed by atoms with Gasteiger partial charge in [-0.05, 0) is 65.8 Å². The maximum atomic E-state index is 11.9. The molecule has 22 heavy (non-hydrogen) atoms. The Morgan fingerprint density at radius 1 is 0.909 bits per heavy atom. The number of ether oxygens (including phenoxy) is 2. The number of nitrogens with one attached hydrogen (secondary N) is 1. The molecular weight excluding hydrogens is 282 g/mol. The molecule has 5 nitrogen and oxygen atoms in total. The minimum Gasteiger partial charge on any atom is -0.459 e. The van der Waals surface area contributed by atoms with Crippen LogP contribution < -0.4 is 5.32 Å². The molecule has 0 aromatic heterocycles. The Bertz CT molecular complexity index is 521. The van der Waals surface area contributed by atoms with Crippen LogP contribution in [0, 0.1) is 0 Å². The fraction of sp³-hybridized carbons (Fsp3) is 0.529. The molecular formula is C17H25NO4. The van der Waals surface area contributed by atoms with E-state index in [1.54, 1.807) is 24.3 Å². The molecule has 0 aliphatic carbocycles. The number of carbonyl (C=O) groups excluding carboxylic acids is 2. The number of hydrogen-bond acceptors (Lipinski definition) is 5. The highest BCUT2D eigenvalue weighted by Crippen LogP contribution is 2.15. The molecule has 0 unspecified atom stereocenters. The fourth-order valence-electron chi connectivity index (χ4n) is 1.61. The van der Waals surface area contributed by atoms with Crippen LogP contribution in [0.15, 0.2) is 24.3 Å². The van der Waals surface area contributed by atoms with E-state index in [1.165, 1.54) is 0 Å². The van der Waals surface area contributed by atoms with Crippen molar-refractivity contribution < 1.29 is 19.1 Å². The lowest BCUT2D eigenvalue weighted by molar-refractivity contribution is -0.152. The van der Waals surface area contributed by atoms with E-state index in [2.05, 4.69) is 5.32 Å².